The van der Waals surface area contributed by atoms with Crippen LogP contribution in [0, 0.1) is 0 Å². The van der Waals surface area contributed by atoms with Crippen molar-refractivity contribution in [2.75, 3.05) is 11.9 Å². The fourth-order valence-corrected chi connectivity index (χ4v) is 2.29. The summed E-state index contributed by atoms with van der Waals surface area (Å²) in [4.78, 5) is 4.24. The maximum absolute atomic E-state index is 13.0. The lowest BCUT2D eigenvalue weighted by molar-refractivity contribution is -0.169. The van der Waals surface area contributed by atoms with Crippen molar-refractivity contribution >= 4 is 5.95 Å². The number of nitrogens with zero attached hydrogens (tertiary/aromatic N) is 2. The van der Waals surface area contributed by atoms with E-state index < -0.39 is 12.2 Å². The molecule has 3 nitrogen and oxygen atoms in total. The number of imidazole rings is 1. The molecule has 0 saturated heterocycles. The molecule has 2 aromatic rings. The lowest BCUT2D eigenvalue weighted by atomic mass is 10.1. The molecule has 3 rings (SSSR count). The monoisotopic (exact) mass is 267 g/mol. The molecule has 1 atom stereocenters. The zero-order valence-corrected chi connectivity index (χ0v) is 9.98. The second-order valence-electron chi connectivity index (χ2n) is 4.50. The summed E-state index contributed by atoms with van der Waals surface area (Å²) in [7, 11) is 0. The van der Waals surface area contributed by atoms with Crippen LogP contribution in [0.15, 0.2) is 36.5 Å². The van der Waals surface area contributed by atoms with E-state index in [-0.39, 0.29) is 18.9 Å². The van der Waals surface area contributed by atoms with Crippen LogP contribution in [0.1, 0.15) is 12.5 Å². The molecule has 1 N–H and O–H groups in total. The van der Waals surface area contributed by atoms with E-state index in [1.807, 2.05) is 30.3 Å². The number of halogens is 3. The van der Waals surface area contributed by atoms with Gasteiger partial charge >= 0.3 is 6.18 Å². The van der Waals surface area contributed by atoms with Gasteiger partial charge in [-0.2, -0.15) is 13.2 Å². The van der Waals surface area contributed by atoms with Gasteiger partial charge < -0.3 is 9.88 Å². The van der Waals surface area contributed by atoms with Gasteiger partial charge in [-0.05, 0) is 6.42 Å². The summed E-state index contributed by atoms with van der Waals surface area (Å²) in [6.07, 6.45) is -2.75. The van der Waals surface area contributed by atoms with E-state index in [2.05, 4.69) is 10.3 Å². The molecule has 0 aliphatic carbocycles. The van der Waals surface area contributed by atoms with Gasteiger partial charge in [0.05, 0.1) is 5.69 Å². The van der Waals surface area contributed by atoms with Gasteiger partial charge in [-0.25, -0.2) is 4.98 Å². The molecular weight excluding hydrogens is 255 g/mol. The Bertz CT molecular complexity index is 575. The Hall–Kier alpha value is -1.98. The minimum absolute atomic E-state index is 0.0289. The van der Waals surface area contributed by atoms with Crippen molar-refractivity contribution < 1.29 is 13.2 Å². The topological polar surface area (TPSA) is 29.9 Å². The predicted molar refractivity (Wildman–Crippen MR) is 65.9 cm³/mol. The highest BCUT2D eigenvalue weighted by Crippen LogP contribution is 2.38. The van der Waals surface area contributed by atoms with Gasteiger partial charge in [0.1, 0.15) is 6.04 Å². The first kappa shape index (κ1) is 12.1. The maximum Gasteiger partial charge on any atom is 0.409 e. The first-order chi connectivity index (χ1) is 9.05. The van der Waals surface area contributed by atoms with Crippen LogP contribution in [0.25, 0.3) is 11.3 Å². The van der Waals surface area contributed by atoms with E-state index in [0.29, 0.717) is 5.69 Å². The fourth-order valence-electron chi connectivity index (χ4n) is 2.29. The molecule has 6 heteroatoms. The number of aromatic nitrogens is 2. The van der Waals surface area contributed by atoms with Crippen LogP contribution < -0.4 is 5.32 Å². The number of hydrogen-bond donors (Lipinski definition) is 1. The van der Waals surface area contributed by atoms with Crippen LogP contribution >= 0.6 is 0 Å². The van der Waals surface area contributed by atoms with Crippen molar-refractivity contribution in [3.63, 3.8) is 0 Å². The van der Waals surface area contributed by atoms with Crippen LogP contribution in [-0.4, -0.2) is 22.3 Å². The molecule has 0 bridgehead atoms. The second kappa shape index (κ2) is 4.29. The molecule has 1 unspecified atom stereocenters. The number of hydrogen-bond acceptors (Lipinski definition) is 2. The molecule has 0 radical (unpaired) electrons. The summed E-state index contributed by atoms with van der Waals surface area (Å²) in [5, 5.41) is 2.91. The van der Waals surface area contributed by atoms with E-state index in [1.54, 1.807) is 0 Å². The van der Waals surface area contributed by atoms with Gasteiger partial charge in [0.15, 0.2) is 0 Å². The highest BCUT2D eigenvalue weighted by molar-refractivity contribution is 5.60. The van der Waals surface area contributed by atoms with Gasteiger partial charge in [-0.1, -0.05) is 30.3 Å². The van der Waals surface area contributed by atoms with Crippen LogP contribution in [0.2, 0.25) is 0 Å². The number of nitrogens with one attached hydrogen (secondary N) is 1. The zero-order valence-electron chi connectivity index (χ0n) is 9.98. The van der Waals surface area contributed by atoms with E-state index in [0.717, 1.165) is 5.56 Å². The number of benzene rings is 1. The first-order valence-corrected chi connectivity index (χ1v) is 6.00. The summed E-state index contributed by atoms with van der Waals surface area (Å²) >= 11 is 0. The standard InChI is InChI=1S/C13H12F3N3/c14-13(15,16)11-6-7-17-12-18-10(8-19(11)12)9-4-2-1-3-5-9/h1-5,8,11H,6-7H2,(H,17,18). The third-order valence-corrected chi connectivity index (χ3v) is 3.22. The largest absolute Gasteiger partial charge is 0.409 e. The van der Waals surface area contributed by atoms with Crippen LogP contribution in [-0.2, 0) is 0 Å². The summed E-state index contributed by atoms with van der Waals surface area (Å²) in [6.45, 7) is 0.287. The van der Waals surface area contributed by atoms with Crippen molar-refractivity contribution in [2.24, 2.45) is 0 Å². The molecular formula is C13H12F3N3. The van der Waals surface area contributed by atoms with E-state index in [4.69, 9.17) is 0 Å². The smallest absolute Gasteiger partial charge is 0.356 e. The fraction of sp³-hybridized carbons (Fsp3) is 0.308. The highest BCUT2D eigenvalue weighted by Gasteiger charge is 2.43. The zero-order chi connectivity index (χ0) is 13.5. The van der Waals surface area contributed by atoms with E-state index in [9.17, 15) is 13.2 Å². The van der Waals surface area contributed by atoms with Gasteiger partial charge in [0.25, 0.3) is 0 Å². The van der Waals surface area contributed by atoms with Crippen LogP contribution in [0.4, 0.5) is 19.1 Å². The van der Waals surface area contributed by atoms with Crippen molar-refractivity contribution in [3.05, 3.63) is 36.5 Å². The minimum atomic E-state index is -4.24. The molecule has 0 fully saturated rings. The first-order valence-electron chi connectivity index (χ1n) is 6.00. The number of fused-ring (bicyclic) bond motifs is 1. The average Bonchev–Trinajstić information content (AvgIpc) is 2.82. The number of alkyl halides is 3. The molecule has 0 saturated carbocycles. The normalized spacial score (nSPS) is 18.8. The number of rotatable bonds is 1. The van der Waals surface area contributed by atoms with Crippen molar-refractivity contribution in [2.45, 2.75) is 18.6 Å². The third kappa shape index (κ3) is 2.18. The minimum Gasteiger partial charge on any atom is -0.356 e. The Labute approximate surface area is 108 Å². The van der Waals surface area contributed by atoms with Crippen molar-refractivity contribution in [3.8, 4) is 11.3 Å². The molecule has 2 heterocycles. The van der Waals surface area contributed by atoms with Crippen molar-refractivity contribution in [1.29, 1.82) is 0 Å². The Morgan fingerprint density at radius 3 is 2.63 bits per heavy atom. The second-order valence-corrected chi connectivity index (χ2v) is 4.50. The molecule has 19 heavy (non-hydrogen) atoms. The summed E-state index contributed by atoms with van der Waals surface area (Å²) < 4.78 is 40.1. The van der Waals surface area contributed by atoms with E-state index >= 15 is 0 Å². The molecule has 1 aromatic heterocycles. The SMILES string of the molecule is FC(F)(F)C1CCNc2nc(-c3ccccc3)cn21. The summed E-state index contributed by atoms with van der Waals surface area (Å²) in [5.74, 6) is 0.285. The lowest BCUT2D eigenvalue weighted by Crippen LogP contribution is -2.33. The van der Waals surface area contributed by atoms with Crippen LogP contribution in [0.5, 0.6) is 0 Å². The molecule has 0 spiro atoms. The van der Waals surface area contributed by atoms with Gasteiger partial charge in [0, 0.05) is 18.3 Å². The Morgan fingerprint density at radius 1 is 1.21 bits per heavy atom. The summed E-state index contributed by atoms with van der Waals surface area (Å²) in [6, 6.07) is 7.70. The Morgan fingerprint density at radius 2 is 1.95 bits per heavy atom. The quantitative estimate of drug-likeness (QED) is 0.857. The third-order valence-electron chi connectivity index (χ3n) is 3.22. The van der Waals surface area contributed by atoms with Gasteiger partial charge in [0.2, 0.25) is 5.95 Å². The van der Waals surface area contributed by atoms with Gasteiger partial charge in [-0.15, -0.1) is 0 Å². The average molecular weight is 267 g/mol. The van der Waals surface area contributed by atoms with Crippen LogP contribution in [0.3, 0.4) is 0 Å². The Balaban J connectivity index is 2.03. The molecule has 100 valence electrons. The molecule has 0 amide bonds. The van der Waals surface area contributed by atoms with Gasteiger partial charge in [-0.3, -0.25) is 0 Å². The number of anilines is 1. The van der Waals surface area contributed by atoms with Crippen molar-refractivity contribution in [1.82, 2.24) is 9.55 Å². The Kier molecular flexibility index (Phi) is 2.73. The summed E-state index contributed by atoms with van der Waals surface area (Å²) in [5.41, 5.74) is 1.37. The van der Waals surface area contributed by atoms with E-state index in [1.165, 1.54) is 10.8 Å². The molecule has 1 aromatic carbocycles. The maximum atomic E-state index is 13.0. The molecule has 1 aliphatic rings. The predicted octanol–water partition coefficient (Wildman–Crippen LogP) is 3.47. The lowest BCUT2D eigenvalue weighted by Gasteiger charge is -2.27. The molecule has 1 aliphatic heterocycles. The highest BCUT2D eigenvalue weighted by atomic mass is 19.4.